The lowest BCUT2D eigenvalue weighted by Gasteiger charge is -2.46. The summed E-state index contributed by atoms with van der Waals surface area (Å²) in [7, 11) is -4.04. The molecule has 0 aliphatic rings. The Kier molecular flexibility index (Phi) is 9.50. The molecule has 0 spiro atoms. The van der Waals surface area contributed by atoms with Crippen LogP contribution < -0.4 is 10.4 Å². The van der Waals surface area contributed by atoms with E-state index in [9.17, 15) is 9.59 Å². The summed E-state index contributed by atoms with van der Waals surface area (Å²) in [4.78, 5) is 25.4. The summed E-state index contributed by atoms with van der Waals surface area (Å²) in [6, 6.07) is 19.7. The fourth-order valence-corrected chi connectivity index (χ4v) is 10.1. The molecule has 0 saturated carbocycles. The van der Waals surface area contributed by atoms with Crippen molar-refractivity contribution in [3.63, 3.8) is 0 Å². The van der Waals surface area contributed by atoms with E-state index >= 15 is 0 Å². The van der Waals surface area contributed by atoms with E-state index in [4.69, 9.17) is 9.16 Å². The number of hydrogen-bond donors (Lipinski definition) is 1. The Morgan fingerprint density at radius 3 is 1.71 bits per heavy atom. The topological polar surface area (TPSA) is 55.8 Å². The van der Waals surface area contributed by atoms with Crippen molar-refractivity contribution in [1.82, 2.24) is 0 Å². The van der Waals surface area contributed by atoms with Gasteiger partial charge in [-0.05, 0) is 40.3 Å². The number of ether oxygens (including phenoxy) is 1. The minimum absolute atomic E-state index is 0.0598. The van der Waals surface area contributed by atoms with Crippen molar-refractivity contribution in [3.05, 3.63) is 60.7 Å². The number of rotatable bonds is 10. The maximum absolute atomic E-state index is 12.7. The van der Waals surface area contributed by atoms with Crippen LogP contribution in [0.2, 0.25) is 23.7 Å². The van der Waals surface area contributed by atoms with E-state index in [1.165, 1.54) is 7.11 Å². The quantitative estimate of drug-likeness (QED) is 0.353. The highest BCUT2D eigenvalue weighted by atomic mass is 28.4. The van der Waals surface area contributed by atoms with Crippen molar-refractivity contribution < 1.29 is 18.8 Å². The van der Waals surface area contributed by atoms with Crippen LogP contribution in [0.15, 0.2) is 60.7 Å². The molecule has 3 atom stereocenters. The molecular weight excluding hydrogens is 456 g/mol. The fourth-order valence-electron chi connectivity index (χ4n) is 4.55. The Balaban J connectivity index is 2.68. The summed E-state index contributed by atoms with van der Waals surface area (Å²) in [5.41, 5.74) is -0.318. The highest BCUT2D eigenvalue weighted by molar-refractivity contribution is 6.97. The van der Waals surface area contributed by atoms with Gasteiger partial charge in [0.15, 0.2) is 8.32 Å². The van der Waals surface area contributed by atoms with Crippen molar-refractivity contribution in [2.75, 3.05) is 7.11 Å². The highest BCUT2D eigenvalue weighted by Crippen LogP contribution is 2.43. The maximum Gasteiger partial charge on any atom is 0.305 e. The smallest absolute Gasteiger partial charge is 0.305 e. The molecule has 4 nitrogen and oxygen atoms in total. The number of methoxy groups -OCH3 is 1. The summed E-state index contributed by atoms with van der Waals surface area (Å²) >= 11 is 0. The molecule has 0 fully saturated rings. The molecule has 2 aromatic rings. The molecule has 0 unspecified atom stereocenters. The first-order valence-corrected chi connectivity index (χ1v) is 17.3. The molecule has 1 N–H and O–H groups in total. The van der Waals surface area contributed by atoms with E-state index in [2.05, 4.69) is 54.6 Å². The van der Waals surface area contributed by atoms with Crippen molar-refractivity contribution in [1.29, 1.82) is 0 Å². The van der Waals surface area contributed by atoms with Gasteiger partial charge >= 0.3 is 5.97 Å². The lowest BCUT2D eigenvalue weighted by Crippen LogP contribution is -2.65. The number of hydrogen-bond acceptors (Lipinski definition) is 4. The van der Waals surface area contributed by atoms with Crippen LogP contribution in [0.3, 0.4) is 0 Å². The highest BCUT2D eigenvalue weighted by Gasteiger charge is 2.51. The van der Waals surface area contributed by atoms with Gasteiger partial charge in [0.05, 0.1) is 7.11 Å². The second-order valence-electron chi connectivity index (χ2n) is 11.3. The van der Waals surface area contributed by atoms with Crippen molar-refractivity contribution in [2.45, 2.75) is 77.7 Å². The molecule has 6 heteroatoms. The van der Waals surface area contributed by atoms with Crippen molar-refractivity contribution in [2.24, 2.45) is 11.8 Å². The van der Waals surface area contributed by atoms with Gasteiger partial charge in [-0.3, -0.25) is 4.79 Å². The summed E-state index contributed by atoms with van der Waals surface area (Å²) in [6.45, 7) is 17.8. The maximum atomic E-state index is 12.7. The lowest BCUT2D eigenvalue weighted by molar-refractivity contribution is -0.141. The molecular formula is C28H44O4Si2. The Morgan fingerprint density at radius 2 is 1.35 bits per heavy atom. The Bertz CT molecular complexity index is 868. The Labute approximate surface area is 209 Å². The van der Waals surface area contributed by atoms with Crippen LogP contribution in [0.25, 0.3) is 0 Å². The molecule has 34 heavy (non-hydrogen) atoms. The van der Waals surface area contributed by atoms with Gasteiger partial charge in [-0.25, -0.2) is 0 Å². The number of esters is 1. The predicted molar refractivity (Wildman–Crippen MR) is 147 cm³/mol. The fraction of sp³-hybridized carbons (Fsp3) is 0.536. The average molecular weight is 501 g/mol. The molecule has 0 amide bonds. The van der Waals surface area contributed by atoms with E-state index in [0.717, 1.165) is 10.4 Å². The first-order chi connectivity index (χ1) is 15.8. The second kappa shape index (κ2) is 11.3. The largest absolute Gasteiger partial charge is 0.469 e. The summed E-state index contributed by atoms with van der Waals surface area (Å²) in [6.07, 6.45) is 0.0517. The minimum Gasteiger partial charge on any atom is -0.469 e. The summed E-state index contributed by atoms with van der Waals surface area (Å²) < 4.78 is 12.1. The van der Waals surface area contributed by atoms with E-state index in [0.29, 0.717) is 0 Å². The zero-order chi connectivity index (χ0) is 25.7. The van der Waals surface area contributed by atoms with E-state index in [1.807, 2.05) is 60.7 Å². The molecule has 188 valence electrons. The number of benzene rings is 2. The average Bonchev–Trinajstić information content (AvgIpc) is 2.80. The predicted octanol–water partition coefficient (Wildman–Crippen LogP) is 5.35. The Morgan fingerprint density at radius 1 is 0.912 bits per heavy atom. The van der Waals surface area contributed by atoms with E-state index in [1.54, 1.807) is 0 Å². The van der Waals surface area contributed by atoms with E-state index in [-0.39, 0.29) is 40.9 Å². The van der Waals surface area contributed by atoms with Gasteiger partial charge in [-0.15, -0.1) is 0 Å². The van der Waals surface area contributed by atoms with Crippen molar-refractivity contribution in [3.8, 4) is 0 Å². The third kappa shape index (κ3) is 6.28. The third-order valence-corrected chi connectivity index (χ3v) is 16.3. The van der Waals surface area contributed by atoms with Crippen LogP contribution in [0.1, 0.15) is 48.0 Å². The molecule has 0 bridgehead atoms. The van der Waals surface area contributed by atoms with Gasteiger partial charge in [0.2, 0.25) is 0 Å². The third-order valence-electron chi connectivity index (χ3n) is 7.63. The zero-order valence-electron chi connectivity index (χ0n) is 22.5. The number of carbonyl (C=O) groups excluding carboxylic acids is 1. The second-order valence-corrected chi connectivity index (χ2v) is 19.5. The lowest BCUT2D eigenvalue weighted by atomic mass is 9.90. The van der Waals surface area contributed by atoms with Gasteiger partial charge < -0.3 is 14.0 Å². The van der Waals surface area contributed by atoms with Crippen LogP contribution in [0, 0.1) is 11.8 Å². The molecule has 0 aromatic heterocycles. The molecule has 0 aliphatic heterocycles. The first-order valence-electron chi connectivity index (χ1n) is 12.3. The molecule has 0 saturated heterocycles. The van der Waals surface area contributed by atoms with Gasteiger partial charge in [0, 0.05) is 18.1 Å². The zero-order valence-corrected chi connectivity index (χ0v) is 24.5. The van der Waals surface area contributed by atoms with Gasteiger partial charge in [0.1, 0.15) is 0 Å². The van der Waals surface area contributed by atoms with Crippen LogP contribution >= 0.6 is 0 Å². The summed E-state index contributed by atoms with van der Waals surface area (Å²) in [5.74, 6) is -0.135. The normalized spacial score (nSPS) is 15.6. The molecule has 0 heterocycles. The number of carbonyl (C=O) groups is 1. The van der Waals surface area contributed by atoms with E-state index < -0.39 is 16.6 Å². The van der Waals surface area contributed by atoms with Gasteiger partial charge in [-0.2, -0.15) is 0 Å². The first kappa shape index (κ1) is 28.5. The minimum atomic E-state index is -3.37. The van der Waals surface area contributed by atoms with Crippen LogP contribution in [0.4, 0.5) is 0 Å². The molecule has 2 rings (SSSR count). The molecule has 0 aliphatic carbocycles. The van der Waals surface area contributed by atoms with Gasteiger partial charge in [-0.1, -0.05) is 102 Å². The SMILES string of the molecule is COC(=O)C[C@@H]([C@H](C)[C@H](O[Si](C)(C)C(C)(C)C)C(C)C)[Si](O)(c1ccccc1)c1ccccc1. The molecule has 0 radical (unpaired) electrons. The van der Waals surface area contributed by atoms with Crippen LogP contribution in [-0.4, -0.2) is 40.6 Å². The standard InChI is InChI=1S/C28H44O4Si2/c1-21(2)27(32-33(8,9)28(4,5)6)22(3)25(20-26(29)31-7)34(30,23-16-12-10-13-17-23)24-18-14-11-15-19-24/h10-19,21-22,25,27,30H,20H2,1-9H3/t22-,25-,27+/m0/s1. The van der Waals surface area contributed by atoms with Crippen molar-refractivity contribution >= 4 is 33.0 Å². The van der Waals surface area contributed by atoms with Gasteiger partial charge in [0.25, 0.3) is 8.32 Å². The van der Waals surface area contributed by atoms with Crippen LogP contribution in [0.5, 0.6) is 0 Å². The van der Waals surface area contributed by atoms with Crippen LogP contribution in [-0.2, 0) is 14.0 Å². The monoisotopic (exact) mass is 500 g/mol. The Hall–Kier alpha value is -1.74. The summed E-state index contributed by atoms with van der Waals surface area (Å²) in [5, 5.41) is 1.86. The molecule has 2 aromatic carbocycles.